The van der Waals surface area contributed by atoms with Crippen LogP contribution in [-0.4, -0.2) is 24.0 Å². The quantitative estimate of drug-likeness (QED) is 0.911. The molecule has 4 nitrogen and oxygen atoms in total. The predicted octanol–water partition coefficient (Wildman–Crippen LogP) is 2.46. The molecule has 0 heterocycles. The van der Waals surface area contributed by atoms with E-state index in [2.05, 4.69) is 5.32 Å². The Kier molecular flexibility index (Phi) is 5.03. The van der Waals surface area contributed by atoms with Crippen LogP contribution in [0.5, 0.6) is 0 Å². The third-order valence-electron chi connectivity index (χ3n) is 2.14. The van der Waals surface area contributed by atoms with E-state index in [0.717, 1.165) is 0 Å². The largest absolute Gasteiger partial charge is 0.444 e. The fraction of sp³-hybridized carbons (Fsp3) is 0.429. The lowest BCUT2D eigenvalue weighted by molar-refractivity contribution is -0.117. The second-order valence-electron chi connectivity index (χ2n) is 5.20. The summed E-state index contributed by atoms with van der Waals surface area (Å²) < 4.78 is 17.7. The van der Waals surface area contributed by atoms with E-state index in [1.54, 1.807) is 32.9 Å². The van der Waals surface area contributed by atoms with Crippen molar-refractivity contribution in [3.8, 4) is 0 Å². The van der Waals surface area contributed by atoms with Gasteiger partial charge in [0.15, 0.2) is 5.78 Å². The minimum Gasteiger partial charge on any atom is -0.444 e. The smallest absolute Gasteiger partial charge is 0.408 e. The summed E-state index contributed by atoms with van der Waals surface area (Å²) in [5.41, 5.74) is 0.113. The molecule has 0 aliphatic rings. The first-order valence-corrected chi connectivity index (χ1v) is 5.99. The lowest BCUT2D eigenvalue weighted by Crippen LogP contribution is -2.35. The lowest BCUT2D eigenvalue weighted by Gasteiger charge is -2.19. The normalized spacial score (nSPS) is 10.9. The summed E-state index contributed by atoms with van der Waals surface area (Å²) in [6.07, 6.45) is -0.476. The van der Waals surface area contributed by atoms with Gasteiger partial charge in [-0.2, -0.15) is 0 Å². The molecule has 0 spiro atoms. The van der Waals surface area contributed by atoms with Crippen LogP contribution >= 0.6 is 0 Å². The van der Waals surface area contributed by atoms with Crippen LogP contribution in [0.3, 0.4) is 0 Å². The average Bonchev–Trinajstić information content (AvgIpc) is 2.27. The van der Waals surface area contributed by atoms with Crippen molar-refractivity contribution < 1.29 is 18.7 Å². The molecule has 0 saturated carbocycles. The van der Waals surface area contributed by atoms with Gasteiger partial charge in [-0.25, -0.2) is 9.18 Å². The molecule has 104 valence electrons. The number of Topliss-reactive ketones (excluding diaryl/α,β-unsaturated/α-hetero) is 1. The number of alkyl carbamates (subject to hydrolysis) is 1. The average molecular weight is 267 g/mol. The Bertz CT molecular complexity index is 449. The zero-order chi connectivity index (χ0) is 14.5. The summed E-state index contributed by atoms with van der Waals surface area (Å²) in [7, 11) is 0. The molecule has 0 atom stereocenters. The van der Waals surface area contributed by atoms with Crippen molar-refractivity contribution in [3.63, 3.8) is 0 Å². The van der Waals surface area contributed by atoms with Crippen molar-refractivity contribution in [2.24, 2.45) is 0 Å². The van der Waals surface area contributed by atoms with Crippen molar-refractivity contribution in [1.29, 1.82) is 0 Å². The second kappa shape index (κ2) is 6.31. The van der Waals surface area contributed by atoms with Gasteiger partial charge in [0, 0.05) is 6.42 Å². The molecule has 5 heteroatoms. The van der Waals surface area contributed by atoms with Gasteiger partial charge in [-0.3, -0.25) is 4.79 Å². The molecule has 0 unspecified atom stereocenters. The maximum atomic E-state index is 12.7. The highest BCUT2D eigenvalue weighted by molar-refractivity contribution is 5.85. The highest BCUT2D eigenvalue weighted by Gasteiger charge is 2.16. The van der Waals surface area contributed by atoms with Crippen LogP contribution in [0.2, 0.25) is 0 Å². The van der Waals surface area contributed by atoms with E-state index < -0.39 is 11.7 Å². The van der Waals surface area contributed by atoms with E-state index in [9.17, 15) is 14.0 Å². The number of benzene rings is 1. The summed E-state index contributed by atoms with van der Waals surface area (Å²) in [6.45, 7) is 5.12. The highest BCUT2D eigenvalue weighted by atomic mass is 19.1. The fourth-order valence-corrected chi connectivity index (χ4v) is 1.38. The monoisotopic (exact) mass is 267 g/mol. The number of nitrogens with one attached hydrogen (secondary N) is 1. The van der Waals surface area contributed by atoms with Crippen LogP contribution in [0.1, 0.15) is 26.3 Å². The molecule has 19 heavy (non-hydrogen) atoms. The fourth-order valence-electron chi connectivity index (χ4n) is 1.38. The van der Waals surface area contributed by atoms with E-state index in [1.165, 1.54) is 12.1 Å². The van der Waals surface area contributed by atoms with Crippen LogP contribution in [0, 0.1) is 5.82 Å². The highest BCUT2D eigenvalue weighted by Crippen LogP contribution is 2.06. The number of ketones is 1. The minimum absolute atomic E-state index is 0.105. The van der Waals surface area contributed by atoms with Gasteiger partial charge in [0.2, 0.25) is 0 Å². The third-order valence-corrected chi connectivity index (χ3v) is 2.14. The molecule has 1 aromatic carbocycles. The minimum atomic E-state index is -0.625. The zero-order valence-corrected chi connectivity index (χ0v) is 11.3. The first-order chi connectivity index (χ1) is 8.76. The van der Waals surface area contributed by atoms with Gasteiger partial charge >= 0.3 is 6.09 Å². The number of hydrogen-bond donors (Lipinski definition) is 1. The van der Waals surface area contributed by atoms with Gasteiger partial charge in [-0.1, -0.05) is 12.1 Å². The van der Waals surface area contributed by atoms with Crippen molar-refractivity contribution in [2.75, 3.05) is 6.54 Å². The summed E-state index contributed by atoms with van der Waals surface area (Å²) in [5.74, 6) is -0.513. The van der Waals surface area contributed by atoms with Crippen LogP contribution in [0.25, 0.3) is 0 Å². The molecule has 1 aromatic rings. The second-order valence-corrected chi connectivity index (χ2v) is 5.20. The summed E-state index contributed by atoms with van der Waals surface area (Å²) in [6, 6.07) is 5.68. The molecule has 1 rings (SSSR count). The summed E-state index contributed by atoms with van der Waals surface area (Å²) in [5, 5.41) is 2.39. The molecule has 0 saturated heterocycles. The van der Waals surface area contributed by atoms with Gasteiger partial charge in [-0.15, -0.1) is 0 Å². The summed E-state index contributed by atoms with van der Waals surface area (Å²) in [4.78, 5) is 22.9. The van der Waals surface area contributed by atoms with Crippen molar-refractivity contribution in [3.05, 3.63) is 35.6 Å². The van der Waals surface area contributed by atoms with Gasteiger partial charge in [-0.05, 0) is 38.5 Å². The Morgan fingerprint density at radius 1 is 1.21 bits per heavy atom. The van der Waals surface area contributed by atoms with Crippen molar-refractivity contribution in [2.45, 2.75) is 32.8 Å². The van der Waals surface area contributed by atoms with Crippen LogP contribution in [0.4, 0.5) is 9.18 Å². The lowest BCUT2D eigenvalue weighted by atomic mass is 10.1. The Hall–Kier alpha value is -1.91. The number of amides is 1. The number of halogens is 1. The van der Waals surface area contributed by atoms with E-state index >= 15 is 0 Å². The number of carbonyl (C=O) groups is 2. The SMILES string of the molecule is CC(C)(C)OC(=O)NCC(=O)Cc1ccc(F)cc1. The topological polar surface area (TPSA) is 55.4 Å². The number of rotatable bonds is 4. The number of ether oxygens (including phenoxy) is 1. The molecule has 0 aliphatic carbocycles. The third kappa shape index (κ3) is 6.55. The Balaban J connectivity index is 2.36. The molecule has 1 N–H and O–H groups in total. The molecule has 0 aliphatic heterocycles. The van der Waals surface area contributed by atoms with Crippen molar-refractivity contribution >= 4 is 11.9 Å². The Morgan fingerprint density at radius 3 is 2.32 bits per heavy atom. The molecule has 0 bridgehead atoms. The number of hydrogen-bond acceptors (Lipinski definition) is 3. The Morgan fingerprint density at radius 2 is 1.79 bits per heavy atom. The van der Waals surface area contributed by atoms with Crippen LogP contribution in [-0.2, 0) is 16.0 Å². The van der Waals surface area contributed by atoms with E-state index in [0.29, 0.717) is 5.56 Å². The first-order valence-electron chi connectivity index (χ1n) is 5.99. The zero-order valence-electron chi connectivity index (χ0n) is 11.3. The maximum Gasteiger partial charge on any atom is 0.408 e. The van der Waals surface area contributed by atoms with Crippen LogP contribution in [0.15, 0.2) is 24.3 Å². The van der Waals surface area contributed by atoms with Gasteiger partial charge in [0.05, 0.1) is 6.54 Å². The standard InChI is InChI=1S/C14H18FNO3/c1-14(2,3)19-13(18)16-9-12(17)8-10-4-6-11(15)7-5-10/h4-7H,8-9H2,1-3H3,(H,16,18). The summed E-state index contributed by atoms with van der Waals surface area (Å²) >= 11 is 0. The van der Waals surface area contributed by atoms with Gasteiger partial charge in [0.25, 0.3) is 0 Å². The number of carbonyl (C=O) groups excluding carboxylic acids is 2. The van der Waals surface area contributed by atoms with E-state index in [4.69, 9.17) is 4.74 Å². The van der Waals surface area contributed by atoms with E-state index in [1.807, 2.05) is 0 Å². The Labute approximate surface area is 112 Å². The van der Waals surface area contributed by atoms with Gasteiger partial charge < -0.3 is 10.1 Å². The van der Waals surface area contributed by atoms with Crippen LogP contribution < -0.4 is 5.32 Å². The molecule has 0 radical (unpaired) electrons. The maximum absolute atomic E-state index is 12.7. The molecular formula is C14H18FNO3. The molecule has 0 fully saturated rings. The molecular weight excluding hydrogens is 249 g/mol. The predicted molar refractivity (Wildman–Crippen MR) is 69.3 cm³/mol. The first kappa shape index (κ1) is 15.1. The van der Waals surface area contributed by atoms with Gasteiger partial charge in [0.1, 0.15) is 11.4 Å². The van der Waals surface area contributed by atoms with Crippen molar-refractivity contribution in [1.82, 2.24) is 5.32 Å². The molecule has 1 amide bonds. The van der Waals surface area contributed by atoms with E-state index in [-0.39, 0.29) is 24.6 Å². The molecule has 0 aromatic heterocycles.